The van der Waals surface area contributed by atoms with Gasteiger partial charge in [-0.2, -0.15) is 0 Å². The third-order valence-electron chi connectivity index (χ3n) is 14.6. The van der Waals surface area contributed by atoms with Gasteiger partial charge in [0.25, 0.3) is 5.91 Å². The van der Waals surface area contributed by atoms with E-state index in [1.54, 1.807) is 31.4 Å². The van der Waals surface area contributed by atoms with E-state index in [1.807, 2.05) is 126 Å². The van der Waals surface area contributed by atoms with Gasteiger partial charge < -0.3 is 41.9 Å². The number of piperidine rings is 1. The minimum atomic E-state index is -1.12. The molecule has 430 valence electrons. The van der Waals surface area contributed by atoms with Gasteiger partial charge in [0.1, 0.15) is 29.6 Å². The van der Waals surface area contributed by atoms with Gasteiger partial charge in [0.05, 0.1) is 18.2 Å². The number of rotatable bonds is 27. The van der Waals surface area contributed by atoms with Crippen LogP contribution >= 0.6 is 0 Å². The largest absolute Gasteiger partial charge is 0.508 e. The number of carbonyl (C=O) groups is 6. The van der Waals surface area contributed by atoms with Crippen LogP contribution in [0.5, 0.6) is 11.5 Å². The SMILES string of the molecule is CCNC(=O)c1nnc(-c2cc(C(C)C)c(O)cc2O)n1-c1ccc(CN2CCC(C(=O)N[C@@H](CCc3ccccc3)C(=O)N[C@@H](CC(C)C)C(=O)N[C@@H](Cc3ccccc3)C(=O)N[C@@H](CC(C)C)C(=O)C(C)(C)CO)CC2)cc1. The summed E-state index contributed by atoms with van der Waals surface area (Å²) in [7, 11) is 0. The molecule has 1 fully saturated rings. The third kappa shape index (κ3) is 16.8. The zero-order valence-electron chi connectivity index (χ0n) is 47.9. The van der Waals surface area contributed by atoms with Gasteiger partial charge in [-0.15, -0.1) is 10.2 Å². The molecule has 6 rings (SSSR count). The van der Waals surface area contributed by atoms with Crippen molar-refractivity contribution in [1.29, 1.82) is 0 Å². The van der Waals surface area contributed by atoms with E-state index < -0.39 is 59.8 Å². The zero-order chi connectivity index (χ0) is 58.3. The lowest BCUT2D eigenvalue weighted by molar-refractivity contribution is -0.137. The quantitative estimate of drug-likeness (QED) is 0.0267. The van der Waals surface area contributed by atoms with Gasteiger partial charge in [-0.1, -0.05) is 128 Å². The summed E-state index contributed by atoms with van der Waals surface area (Å²) in [5, 5.41) is 54.7. The molecule has 1 aromatic heterocycles. The highest BCUT2D eigenvalue weighted by Crippen LogP contribution is 2.38. The molecule has 0 aliphatic carbocycles. The Labute approximate surface area is 470 Å². The van der Waals surface area contributed by atoms with Crippen LogP contribution in [0.4, 0.5) is 0 Å². The van der Waals surface area contributed by atoms with Crippen LogP contribution in [-0.4, -0.2) is 121 Å². The minimum absolute atomic E-state index is 0.0306. The lowest BCUT2D eigenvalue weighted by atomic mass is 9.82. The van der Waals surface area contributed by atoms with E-state index in [2.05, 4.69) is 41.7 Å². The first kappa shape index (κ1) is 61.8. The molecule has 0 bridgehead atoms. The van der Waals surface area contributed by atoms with Gasteiger partial charge in [-0.05, 0) is 117 Å². The molecule has 5 amide bonds. The molecule has 0 spiro atoms. The molecule has 1 aliphatic rings. The molecule has 5 aromatic rings. The summed E-state index contributed by atoms with van der Waals surface area (Å²) in [6.45, 7) is 18.4. The molecular weight excluding hydrogens is 1010 g/mol. The topological polar surface area (TPSA) is 257 Å². The number of carbonyl (C=O) groups excluding carboxylic acids is 6. The number of aliphatic hydroxyl groups excluding tert-OH is 1. The number of nitrogens with zero attached hydrogens (tertiary/aromatic N) is 4. The molecule has 18 heteroatoms. The standard InChI is InChI=1S/C62H83N9O9/c1-10-63-61(80)56-69-68-55(47-34-46(40(6)7)52(73)35-53(47)74)71(56)45-24-21-43(22-25-45)36-70-29-27-44(28-30-70)57(76)64-48(26-23-41-17-13-11-14-18-41)58(77)66-50(32-39(4)5)59(78)67-51(33-42-19-15-12-16-20-42)60(79)65-49(31-38(2)3)54(75)62(8,9)37-72/h11-22,24-25,34-35,38-40,44,48-51,72-74H,10,23,26-33,36-37H2,1-9H3,(H,63,80)(H,64,76)(H,65,79)(H,66,77)(H,67,78)/t48-,49-,50-,51-/m0/s1. The monoisotopic (exact) mass is 1100 g/mol. The first-order valence-electron chi connectivity index (χ1n) is 28.1. The van der Waals surface area contributed by atoms with Crippen molar-refractivity contribution < 1.29 is 44.1 Å². The number of hydrogen-bond acceptors (Lipinski definition) is 12. The van der Waals surface area contributed by atoms with Gasteiger partial charge in [0.2, 0.25) is 29.5 Å². The number of nitrogens with one attached hydrogen (secondary N) is 5. The number of aromatic nitrogens is 3. The number of aromatic hydroxyl groups is 2. The average Bonchev–Trinajstić information content (AvgIpc) is 3.87. The summed E-state index contributed by atoms with van der Waals surface area (Å²) in [5.41, 5.74) is 3.12. The van der Waals surface area contributed by atoms with Crippen molar-refractivity contribution in [3.63, 3.8) is 0 Å². The number of phenols is 2. The predicted octanol–water partition coefficient (Wildman–Crippen LogP) is 6.93. The molecular formula is C62H83N9O9. The minimum Gasteiger partial charge on any atom is -0.508 e. The van der Waals surface area contributed by atoms with Crippen LogP contribution in [0.1, 0.15) is 133 Å². The molecule has 4 aromatic carbocycles. The van der Waals surface area contributed by atoms with Gasteiger partial charge in [0, 0.05) is 42.6 Å². The molecule has 1 saturated heterocycles. The van der Waals surface area contributed by atoms with Gasteiger partial charge in [-0.3, -0.25) is 38.2 Å². The number of amides is 5. The van der Waals surface area contributed by atoms with Crippen LogP contribution in [0.25, 0.3) is 17.1 Å². The molecule has 4 atom stereocenters. The fourth-order valence-corrected chi connectivity index (χ4v) is 10.0. The van der Waals surface area contributed by atoms with Gasteiger partial charge in [-0.25, -0.2) is 0 Å². The number of hydrogen-bond donors (Lipinski definition) is 8. The Kier molecular flexibility index (Phi) is 22.1. The van der Waals surface area contributed by atoms with Gasteiger partial charge >= 0.3 is 0 Å². The number of benzene rings is 4. The van der Waals surface area contributed by atoms with Crippen molar-refractivity contribution in [2.75, 3.05) is 26.2 Å². The Morgan fingerprint density at radius 2 is 1.23 bits per heavy atom. The number of likely N-dealkylation sites (tertiary alicyclic amines) is 1. The normalized spacial score (nSPS) is 14.8. The summed E-state index contributed by atoms with van der Waals surface area (Å²) in [6, 6.07) is 25.3. The van der Waals surface area contributed by atoms with E-state index in [-0.39, 0.29) is 77.8 Å². The van der Waals surface area contributed by atoms with E-state index in [4.69, 9.17) is 0 Å². The summed E-state index contributed by atoms with van der Waals surface area (Å²) >= 11 is 0. The highest BCUT2D eigenvalue weighted by molar-refractivity contribution is 5.97. The number of ketones is 1. The fraction of sp³-hybridized carbons (Fsp3) is 0.484. The molecule has 1 aliphatic heterocycles. The maximum atomic E-state index is 14.5. The number of Topliss-reactive ketones (excluding diaryl/α,β-unsaturated/α-hetero) is 1. The number of aliphatic hydroxyl groups is 1. The van der Waals surface area contributed by atoms with Crippen molar-refractivity contribution in [2.45, 2.75) is 144 Å². The summed E-state index contributed by atoms with van der Waals surface area (Å²) in [4.78, 5) is 86.6. The van der Waals surface area contributed by atoms with E-state index in [0.29, 0.717) is 68.7 Å². The lowest BCUT2D eigenvalue weighted by Crippen LogP contribution is -2.59. The van der Waals surface area contributed by atoms with Gasteiger partial charge in [0.15, 0.2) is 11.6 Å². The number of phenolic OH excluding ortho intramolecular Hbond substituents is 2. The third-order valence-corrected chi connectivity index (χ3v) is 14.6. The van der Waals surface area contributed by atoms with Crippen molar-refractivity contribution in [1.82, 2.24) is 46.2 Å². The van der Waals surface area contributed by atoms with E-state index in [0.717, 1.165) is 16.7 Å². The first-order valence-corrected chi connectivity index (χ1v) is 28.1. The second kappa shape index (κ2) is 28.6. The summed E-state index contributed by atoms with van der Waals surface area (Å²) < 4.78 is 1.59. The molecule has 0 unspecified atom stereocenters. The van der Waals surface area contributed by atoms with Crippen LogP contribution in [0.2, 0.25) is 0 Å². The first-order chi connectivity index (χ1) is 38.1. The highest BCUT2D eigenvalue weighted by Gasteiger charge is 2.37. The highest BCUT2D eigenvalue weighted by atomic mass is 16.3. The molecule has 8 N–H and O–H groups in total. The maximum Gasteiger partial charge on any atom is 0.289 e. The predicted molar refractivity (Wildman–Crippen MR) is 308 cm³/mol. The van der Waals surface area contributed by atoms with Crippen molar-refractivity contribution in [2.24, 2.45) is 23.2 Å². The van der Waals surface area contributed by atoms with E-state index in [1.165, 1.54) is 6.07 Å². The lowest BCUT2D eigenvalue weighted by Gasteiger charge is -2.32. The van der Waals surface area contributed by atoms with E-state index in [9.17, 15) is 44.1 Å². The second-order valence-corrected chi connectivity index (χ2v) is 23.0. The molecule has 0 saturated carbocycles. The fourth-order valence-electron chi connectivity index (χ4n) is 10.0. The Bertz CT molecular complexity index is 2880. The zero-order valence-corrected chi connectivity index (χ0v) is 47.9. The van der Waals surface area contributed by atoms with Crippen LogP contribution in [0, 0.1) is 23.2 Å². The second-order valence-electron chi connectivity index (χ2n) is 23.0. The van der Waals surface area contributed by atoms with Crippen molar-refractivity contribution >= 4 is 35.3 Å². The Morgan fingerprint density at radius 3 is 1.81 bits per heavy atom. The van der Waals surface area contributed by atoms with Crippen LogP contribution in [0.15, 0.2) is 97.1 Å². The molecule has 18 nitrogen and oxygen atoms in total. The summed E-state index contributed by atoms with van der Waals surface area (Å²) in [5.74, 6) is -3.15. The van der Waals surface area contributed by atoms with E-state index >= 15 is 0 Å². The Balaban J connectivity index is 1.15. The Morgan fingerprint density at radius 1 is 0.662 bits per heavy atom. The van der Waals surface area contributed by atoms with Crippen molar-refractivity contribution in [3.05, 3.63) is 125 Å². The number of aryl methyl sites for hydroxylation is 1. The molecule has 80 heavy (non-hydrogen) atoms. The van der Waals surface area contributed by atoms with Crippen LogP contribution < -0.4 is 26.6 Å². The summed E-state index contributed by atoms with van der Waals surface area (Å²) in [6.07, 6.45) is 2.48. The van der Waals surface area contributed by atoms with Crippen molar-refractivity contribution in [3.8, 4) is 28.6 Å². The van der Waals surface area contributed by atoms with Crippen LogP contribution in [-0.2, 0) is 43.4 Å². The Hall–Kier alpha value is -7.44. The van der Waals surface area contributed by atoms with Crippen LogP contribution in [0.3, 0.4) is 0 Å². The average molecular weight is 1100 g/mol. The smallest absolute Gasteiger partial charge is 0.289 e. The molecule has 2 heterocycles. The maximum absolute atomic E-state index is 14.5. The molecule has 0 radical (unpaired) electrons.